The smallest absolute Gasteiger partial charge is 0.347 e. The van der Waals surface area contributed by atoms with Gasteiger partial charge in [-0.3, -0.25) is 5.32 Å². The average Bonchev–Trinajstić information content (AvgIpc) is 3.18. The van der Waals surface area contributed by atoms with Crippen molar-refractivity contribution in [2.75, 3.05) is 48.8 Å². The summed E-state index contributed by atoms with van der Waals surface area (Å²) >= 11 is 1.03. The van der Waals surface area contributed by atoms with Gasteiger partial charge in [-0.15, -0.1) is 0 Å². The van der Waals surface area contributed by atoms with Crippen LogP contribution in [0.3, 0.4) is 0 Å². The fraction of sp³-hybridized carbons (Fsp3) is 0.318. The molecule has 0 saturated carbocycles. The van der Waals surface area contributed by atoms with Crippen LogP contribution in [0.15, 0.2) is 30.3 Å². The number of piperazine rings is 1. The minimum absolute atomic E-state index is 0.167. The van der Waals surface area contributed by atoms with E-state index >= 15 is 0 Å². The van der Waals surface area contributed by atoms with Crippen LogP contribution in [0.2, 0.25) is 0 Å². The summed E-state index contributed by atoms with van der Waals surface area (Å²) in [4.78, 5) is 40.5. The number of aromatic nitrogens is 3. The third-order valence-corrected chi connectivity index (χ3v) is 6.48. The van der Waals surface area contributed by atoms with Crippen molar-refractivity contribution in [1.29, 1.82) is 0 Å². The van der Waals surface area contributed by atoms with E-state index in [2.05, 4.69) is 42.4 Å². The number of aryl methyl sites for hydroxylation is 1. The molecule has 1 saturated heterocycles. The minimum Gasteiger partial charge on any atom is -0.478 e. The van der Waals surface area contributed by atoms with E-state index in [1.165, 1.54) is 0 Å². The Morgan fingerprint density at radius 2 is 1.74 bits per heavy atom. The molecule has 1 aromatic carbocycles. The molecule has 178 valence electrons. The Hall–Kier alpha value is -3.77. The highest BCUT2D eigenvalue weighted by atomic mass is 32.1. The lowest BCUT2D eigenvalue weighted by Gasteiger charge is -2.33. The van der Waals surface area contributed by atoms with Crippen molar-refractivity contribution >= 4 is 46.0 Å². The van der Waals surface area contributed by atoms with Crippen molar-refractivity contribution in [3.05, 3.63) is 52.0 Å². The predicted molar refractivity (Wildman–Crippen MR) is 130 cm³/mol. The lowest BCUT2D eigenvalue weighted by molar-refractivity contribution is 0.0688. The van der Waals surface area contributed by atoms with Crippen molar-refractivity contribution in [3.8, 4) is 0 Å². The van der Waals surface area contributed by atoms with Crippen molar-refractivity contribution in [2.45, 2.75) is 13.5 Å². The fourth-order valence-corrected chi connectivity index (χ4v) is 4.28. The Morgan fingerprint density at radius 3 is 2.35 bits per heavy atom. The first-order valence-electron chi connectivity index (χ1n) is 10.6. The van der Waals surface area contributed by atoms with Crippen LogP contribution < -0.4 is 15.5 Å². The lowest BCUT2D eigenvalue weighted by Crippen LogP contribution is -2.44. The van der Waals surface area contributed by atoms with E-state index in [1.54, 1.807) is 31.2 Å². The molecule has 12 heteroatoms. The van der Waals surface area contributed by atoms with Gasteiger partial charge in [-0.2, -0.15) is 9.97 Å². The van der Waals surface area contributed by atoms with Gasteiger partial charge >= 0.3 is 11.9 Å². The molecule has 0 radical (unpaired) electrons. The first kappa shape index (κ1) is 23.4. The number of thiazole rings is 1. The maximum atomic E-state index is 11.4. The maximum Gasteiger partial charge on any atom is 0.347 e. The molecule has 0 amide bonds. The van der Waals surface area contributed by atoms with E-state index in [-0.39, 0.29) is 10.4 Å². The van der Waals surface area contributed by atoms with Crippen molar-refractivity contribution in [3.63, 3.8) is 0 Å². The zero-order chi connectivity index (χ0) is 24.2. The lowest BCUT2D eigenvalue weighted by atomic mass is 10.1. The van der Waals surface area contributed by atoms with Gasteiger partial charge in [0.15, 0.2) is 5.13 Å². The number of hydrogen-bond acceptors (Lipinski definition) is 10. The number of aromatic carboxylic acids is 2. The molecule has 0 atom stereocenters. The molecular weight excluding hydrogens is 458 g/mol. The molecule has 3 aromatic rings. The van der Waals surface area contributed by atoms with Gasteiger partial charge in [-0.25, -0.2) is 14.6 Å². The highest BCUT2D eigenvalue weighted by Gasteiger charge is 2.19. The van der Waals surface area contributed by atoms with E-state index < -0.39 is 11.9 Å². The Balaban J connectivity index is 1.57. The molecule has 1 aliphatic rings. The first-order valence-corrected chi connectivity index (χ1v) is 11.5. The molecule has 1 fully saturated rings. The van der Waals surface area contributed by atoms with Crippen LogP contribution in [0.5, 0.6) is 0 Å². The van der Waals surface area contributed by atoms with Crippen LogP contribution >= 0.6 is 11.3 Å². The molecule has 0 spiro atoms. The maximum absolute atomic E-state index is 11.4. The molecule has 4 rings (SSSR count). The largest absolute Gasteiger partial charge is 0.478 e. The van der Waals surface area contributed by atoms with Gasteiger partial charge in [0, 0.05) is 38.8 Å². The van der Waals surface area contributed by atoms with Gasteiger partial charge in [-0.05, 0) is 31.7 Å². The van der Waals surface area contributed by atoms with Crippen LogP contribution in [-0.2, 0) is 6.54 Å². The zero-order valence-corrected chi connectivity index (χ0v) is 19.6. The number of nitrogens with zero attached hydrogens (tertiary/aromatic N) is 5. The Labute approximate surface area is 200 Å². The Morgan fingerprint density at radius 1 is 1.03 bits per heavy atom. The van der Waals surface area contributed by atoms with Crippen molar-refractivity contribution < 1.29 is 19.8 Å². The number of rotatable bonds is 8. The summed E-state index contributed by atoms with van der Waals surface area (Å²) in [5.41, 5.74) is 1.56. The predicted octanol–water partition coefficient (Wildman–Crippen LogP) is 2.75. The summed E-state index contributed by atoms with van der Waals surface area (Å²) in [5, 5.41) is 25.1. The minimum atomic E-state index is -1.02. The molecule has 34 heavy (non-hydrogen) atoms. The number of carboxylic acid groups (broad SMARTS) is 2. The topological polar surface area (TPSA) is 144 Å². The summed E-state index contributed by atoms with van der Waals surface area (Å²) in [6, 6.07) is 8.51. The second-order valence-electron chi connectivity index (χ2n) is 7.94. The third-order valence-electron chi connectivity index (χ3n) is 5.42. The number of hydrogen-bond donors (Lipinski definition) is 4. The molecule has 1 aliphatic heterocycles. The number of likely N-dealkylation sites (N-methyl/N-ethyl adjacent to an activating group) is 1. The van der Waals surface area contributed by atoms with Crippen LogP contribution in [-0.4, -0.2) is 75.2 Å². The molecular formula is C22H25N7O4S. The van der Waals surface area contributed by atoms with Crippen molar-refractivity contribution in [1.82, 2.24) is 19.9 Å². The van der Waals surface area contributed by atoms with Gasteiger partial charge in [0.1, 0.15) is 16.5 Å². The van der Waals surface area contributed by atoms with E-state index in [4.69, 9.17) is 5.11 Å². The molecule has 0 bridgehead atoms. The summed E-state index contributed by atoms with van der Waals surface area (Å²) in [5.74, 6) is -0.342. The van der Waals surface area contributed by atoms with Gasteiger partial charge in [0.05, 0.1) is 11.3 Å². The number of carbonyl (C=O) groups is 2. The Kier molecular flexibility index (Phi) is 6.89. The third kappa shape index (κ3) is 5.58. The van der Waals surface area contributed by atoms with E-state index in [9.17, 15) is 14.7 Å². The number of nitrogens with one attached hydrogen (secondary N) is 2. The second-order valence-corrected chi connectivity index (χ2v) is 8.94. The number of benzene rings is 1. The standard InChI is InChI=1S/C22H25N7O4S/c1-13-18(20(32)33)34-22(24-13)27-21-25-16(11-17(26-21)29-9-7-28(2)8-10-29)23-12-14-3-5-15(6-4-14)19(30)31/h3-6,11H,7-10,12H2,1-2H3,(H,30,31)(H,32,33)(H2,23,24,25,26,27). The second kappa shape index (κ2) is 10.0. The van der Waals surface area contributed by atoms with Crippen LogP contribution in [0.4, 0.5) is 22.7 Å². The van der Waals surface area contributed by atoms with Gasteiger partial charge in [0.25, 0.3) is 0 Å². The molecule has 0 unspecified atom stereocenters. The van der Waals surface area contributed by atoms with E-state index in [1.807, 2.05) is 6.07 Å². The molecule has 4 N–H and O–H groups in total. The van der Waals surface area contributed by atoms with Crippen LogP contribution in [0.25, 0.3) is 0 Å². The Bertz CT molecular complexity index is 1190. The van der Waals surface area contributed by atoms with Crippen LogP contribution in [0, 0.1) is 6.92 Å². The van der Waals surface area contributed by atoms with Gasteiger partial charge in [-0.1, -0.05) is 23.5 Å². The SMILES string of the molecule is Cc1nc(Nc2nc(NCc3ccc(C(=O)O)cc3)cc(N3CCN(C)CC3)n2)sc1C(=O)O. The summed E-state index contributed by atoms with van der Waals surface area (Å²) in [6.07, 6.45) is 0. The zero-order valence-electron chi connectivity index (χ0n) is 18.8. The molecule has 0 aliphatic carbocycles. The summed E-state index contributed by atoms with van der Waals surface area (Å²) in [7, 11) is 2.08. The number of anilines is 4. The quantitative estimate of drug-likeness (QED) is 0.375. The van der Waals surface area contributed by atoms with Crippen molar-refractivity contribution in [2.24, 2.45) is 0 Å². The summed E-state index contributed by atoms with van der Waals surface area (Å²) < 4.78 is 0. The highest BCUT2D eigenvalue weighted by Crippen LogP contribution is 2.27. The number of carboxylic acids is 2. The normalized spacial score (nSPS) is 14.1. The highest BCUT2D eigenvalue weighted by molar-refractivity contribution is 7.17. The van der Waals surface area contributed by atoms with Crippen LogP contribution in [0.1, 0.15) is 31.3 Å². The monoisotopic (exact) mass is 483 g/mol. The average molecular weight is 484 g/mol. The van der Waals surface area contributed by atoms with Gasteiger partial charge < -0.3 is 25.3 Å². The first-order chi connectivity index (χ1) is 16.3. The fourth-order valence-electron chi connectivity index (χ4n) is 3.48. The van der Waals surface area contributed by atoms with E-state index in [0.717, 1.165) is 48.9 Å². The summed E-state index contributed by atoms with van der Waals surface area (Å²) in [6.45, 7) is 5.57. The van der Waals surface area contributed by atoms with E-state index in [0.29, 0.717) is 29.1 Å². The van der Waals surface area contributed by atoms with Gasteiger partial charge in [0.2, 0.25) is 5.95 Å². The molecule has 2 aromatic heterocycles. The molecule has 3 heterocycles. The molecule has 11 nitrogen and oxygen atoms in total.